The molecule has 0 spiro atoms. The van der Waals surface area contributed by atoms with Gasteiger partial charge in [0.25, 0.3) is 0 Å². The SMILES string of the molecule is Cc1ccccc1S(=O)(=O)N1C[C@H](O)COC[C@@H]2O[C@@H](CC(=O)N3CCCCC3)CC[C@H]21. The molecule has 32 heavy (non-hydrogen) atoms. The van der Waals surface area contributed by atoms with Gasteiger partial charge < -0.3 is 19.5 Å². The summed E-state index contributed by atoms with van der Waals surface area (Å²) in [5.41, 5.74) is 0.665. The lowest BCUT2D eigenvalue weighted by Gasteiger charge is -2.44. The van der Waals surface area contributed by atoms with Crippen molar-refractivity contribution in [1.29, 1.82) is 0 Å². The van der Waals surface area contributed by atoms with E-state index in [0.717, 1.165) is 25.9 Å². The van der Waals surface area contributed by atoms with Crippen LogP contribution in [0, 0.1) is 6.92 Å². The third kappa shape index (κ3) is 5.17. The molecule has 3 fully saturated rings. The van der Waals surface area contributed by atoms with Crippen molar-refractivity contribution in [2.75, 3.05) is 32.8 Å². The van der Waals surface area contributed by atoms with Crippen LogP contribution in [0.5, 0.6) is 0 Å². The zero-order valence-electron chi connectivity index (χ0n) is 18.7. The molecule has 1 amide bonds. The number of β-amino-alcohol motifs (C(OH)–C–C–N with tert-alkyl or cyclic N) is 1. The average molecular weight is 467 g/mol. The molecule has 8 nitrogen and oxygen atoms in total. The molecule has 1 N–H and O–H groups in total. The molecule has 4 atom stereocenters. The van der Waals surface area contributed by atoms with Crippen LogP contribution in [0.3, 0.4) is 0 Å². The molecule has 3 aliphatic rings. The third-order valence-electron chi connectivity index (χ3n) is 6.73. The van der Waals surface area contributed by atoms with Gasteiger partial charge in [-0.25, -0.2) is 8.42 Å². The molecule has 0 aromatic heterocycles. The maximum Gasteiger partial charge on any atom is 0.243 e. The molecular formula is C23H34N2O6S. The first-order valence-electron chi connectivity index (χ1n) is 11.6. The Kier molecular flexibility index (Phi) is 7.51. The predicted octanol–water partition coefficient (Wildman–Crippen LogP) is 1.70. The molecule has 9 heteroatoms. The summed E-state index contributed by atoms with van der Waals surface area (Å²) in [6, 6.07) is 6.44. The highest BCUT2D eigenvalue weighted by molar-refractivity contribution is 7.89. The van der Waals surface area contributed by atoms with Gasteiger partial charge in [0.2, 0.25) is 15.9 Å². The highest BCUT2D eigenvalue weighted by atomic mass is 32.2. The summed E-state index contributed by atoms with van der Waals surface area (Å²) in [7, 11) is -3.83. The van der Waals surface area contributed by atoms with Gasteiger partial charge in [0, 0.05) is 19.6 Å². The van der Waals surface area contributed by atoms with Gasteiger partial charge in [-0.15, -0.1) is 0 Å². The number of rotatable bonds is 4. The molecule has 178 valence electrons. The van der Waals surface area contributed by atoms with Crippen LogP contribution in [0.1, 0.15) is 44.1 Å². The maximum atomic E-state index is 13.6. The van der Waals surface area contributed by atoms with E-state index in [9.17, 15) is 18.3 Å². The number of carbonyl (C=O) groups excluding carboxylic acids is 1. The van der Waals surface area contributed by atoms with E-state index in [1.54, 1.807) is 31.2 Å². The first kappa shape index (κ1) is 23.6. The van der Waals surface area contributed by atoms with Crippen LogP contribution in [-0.4, -0.2) is 85.8 Å². The molecule has 1 aromatic carbocycles. The number of sulfonamides is 1. The lowest BCUT2D eigenvalue weighted by molar-refractivity contribution is -0.152. The van der Waals surface area contributed by atoms with E-state index >= 15 is 0 Å². The second kappa shape index (κ2) is 10.2. The zero-order chi connectivity index (χ0) is 22.7. The molecule has 3 heterocycles. The number of aliphatic hydroxyl groups excluding tert-OH is 1. The Labute approximate surface area is 190 Å². The van der Waals surface area contributed by atoms with Crippen molar-refractivity contribution < 1.29 is 27.8 Å². The molecule has 0 unspecified atom stereocenters. The van der Waals surface area contributed by atoms with E-state index in [-0.39, 0.29) is 36.7 Å². The Balaban J connectivity index is 1.51. The Morgan fingerprint density at radius 3 is 2.62 bits per heavy atom. The quantitative estimate of drug-likeness (QED) is 0.726. The predicted molar refractivity (Wildman–Crippen MR) is 119 cm³/mol. The molecule has 0 aliphatic carbocycles. The van der Waals surface area contributed by atoms with Crippen molar-refractivity contribution in [3.05, 3.63) is 29.8 Å². The van der Waals surface area contributed by atoms with Crippen molar-refractivity contribution in [3.63, 3.8) is 0 Å². The molecule has 0 saturated carbocycles. The normalized spacial score (nSPS) is 30.2. The van der Waals surface area contributed by atoms with Gasteiger partial charge in [-0.1, -0.05) is 18.2 Å². The highest BCUT2D eigenvalue weighted by Gasteiger charge is 2.43. The highest BCUT2D eigenvalue weighted by Crippen LogP contribution is 2.32. The number of piperidine rings is 1. The summed E-state index contributed by atoms with van der Waals surface area (Å²) >= 11 is 0. The fourth-order valence-corrected chi connectivity index (χ4v) is 6.95. The molecule has 3 saturated heterocycles. The maximum absolute atomic E-state index is 13.6. The number of aryl methyl sites for hydroxylation is 1. The van der Waals surface area contributed by atoms with Gasteiger partial charge in [0.15, 0.2) is 0 Å². The lowest BCUT2D eigenvalue weighted by Crippen LogP contribution is -2.57. The molecule has 4 rings (SSSR count). The largest absolute Gasteiger partial charge is 0.389 e. The summed E-state index contributed by atoms with van der Waals surface area (Å²) in [4.78, 5) is 14.9. The Morgan fingerprint density at radius 2 is 1.88 bits per heavy atom. The van der Waals surface area contributed by atoms with Crippen LogP contribution < -0.4 is 0 Å². The van der Waals surface area contributed by atoms with E-state index in [2.05, 4.69) is 0 Å². The summed E-state index contributed by atoms with van der Waals surface area (Å²) < 4.78 is 40.5. The minimum atomic E-state index is -3.83. The fourth-order valence-electron chi connectivity index (χ4n) is 5.01. The van der Waals surface area contributed by atoms with Gasteiger partial charge in [0.05, 0.1) is 48.9 Å². The number of amides is 1. The van der Waals surface area contributed by atoms with Gasteiger partial charge in [-0.3, -0.25) is 4.79 Å². The Hall–Kier alpha value is -1.52. The Morgan fingerprint density at radius 1 is 1.12 bits per heavy atom. The van der Waals surface area contributed by atoms with Crippen LogP contribution >= 0.6 is 0 Å². The van der Waals surface area contributed by atoms with Crippen LogP contribution in [0.25, 0.3) is 0 Å². The molecule has 3 aliphatic heterocycles. The standard InChI is InChI=1S/C23H34N2O6S/c1-17-7-3-4-8-22(17)32(28,29)25-14-18(26)15-30-16-21-20(25)10-9-19(31-21)13-23(27)24-11-5-2-6-12-24/h3-4,7-8,18-21,26H,2,5-6,9-16H2,1H3/t18-,19+,20+,21-/m0/s1. The summed E-state index contributed by atoms with van der Waals surface area (Å²) in [5.74, 6) is 0.111. The smallest absolute Gasteiger partial charge is 0.243 e. The topological polar surface area (TPSA) is 96.4 Å². The van der Waals surface area contributed by atoms with E-state index in [0.29, 0.717) is 24.8 Å². The van der Waals surface area contributed by atoms with Crippen LogP contribution in [0.2, 0.25) is 0 Å². The number of likely N-dealkylation sites (tertiary alicyclic amines) is 1. The number of ether oxygens (including phenoxy) is 2. The minimum absolute atomic E-state index is 0.0431. The number of benzene rings is 1. The van der Waals surface area contributed by atoms with Gasteiger partial charge >= 0.3 is 0 Å². The lowest BCUT2D eigenvalue weighted by atomic mass is 9.96. The number of hydrogen-bond donors (Lipinski definition) is 1. The van der Waals surface area contributed by atoms with Crippen molar-refractivity contribution in [2.24, 2.45) is 0 Å². The van der Waals surface area contributed by atoms with Crippen molar-refractivity contribution >= 4 is 15.9 Å². The molecular weight excluding hydrogens is 432 g/mol. The number of aliphatic hydroxyl groups is 1. The van der Waals surface area contributed by atoms with E-state index < -0.39 is 28.3 Å². The number of hydrogen-bond acceptors (Lipinski definition) is 6. The fraction of sp³-hybridized carbons (Fsp3) is 0.696. The van der Waals surface area contributed by atoms with Crippen molar-refractivity contribution in [2.45, 2.75) is 74.7 Å². The number of carbonyl (C=O) groups is 1. The van der Waals surface area contributed by atoms with Gasteiger partial charge in [-0.2, -0.15) is 4.31 Å². The number of nitrogens with zero attached hydrogens (tertiary/aromatic N) is 2. The average Bonchev–Trinajstić information content (AvgIpc) is 2.77. The van der Waals surface area contributed by atoms with Crippen LogP contribution in [0.15, 0.2) is 29.2 Å². The first-order valence-corrected chi connectivity index (χ1v) is 13.1. The second-order valence-electron chi connectivity index (χ2n) is 9.12. The van der Waals surface area contributed by atoms with E-state index in [1.165, 1.54) is 10.7 Å². The summed E-state index contributed by atoms with van der Waals surface area (Å²) in [6.07, 6.45) is 3.09. The Bertz CT molecular complexity index is 902. The van der Waals surface area contributed by atoms with Gasteiger partial charge in [0.1, 0.15) is 0 Å². The van der Waals surface area contributed by atoms with E-state index in [1.807, 2.05) is 4.90 Å². The van der Waals surface area contributed by atoms with Crippen molar-refractivity contribution in [1.82, 2.24) is 9.21 Å². The molecule has 0 radical (unpaired) electrons. The van der Waals surface area contributed by atoms with Gasteiger partial charge in [-0.05, 0) is 50.7 Å². The van der Waals surface area contributed by atoms with Crippen molar-refractivity contribution in [3.8, 4) is 0 Å². The summed E-state index contributed by atoms with van der Waals surface area (Å²) in [5, 5.41) is 10.3. The summed E-state index contributed by atoms with van der Waals surface area (Å²) in [6.45, 7) is 3.58. The third-order valence-corrected chi connectivity index (χ3v) is 8.78. The van der Waals surface area contributed by atoms with Crippen LogP contribution in [0.4, 0.5) is 0 Å². The molecule has 0 bridgehead atoms. The first-order chi connectivity index (χ1) is 15.4. The number of fused-ring (bicyclic) bond motifs is 1. The monoisotopic (exact) mass is 466 g/mol. The van der Waals surface area contributed by atoms with Crippen LogP contribution in [-0.2, 0) is 24.3 Å². The molecule has 1 aromatic rings. The zero-order valence-corrected chi connectivity index (χ0v) is 19.5. The van der Waals surface area contributed by atoms with E-state index in [4.69, 9.17) is 9.47 Å². The minimum Gasteiger partial charge on any atom is -0.389 e. The second-order valence-corrected chi connectivity index (χ2v) is 11.0.